The van der Waals surface area contributed by atoms with Crippen LogP contribution in [0.5, 0.6) is 0 Å². The second-order valence-electron chi connectivity index (χ2n) is 16.2. The summed E-state index contributed by atoms with van der Waals surface area (Å²) < 4.78 is 0. The summed E-state index contributed by atoms with van der Waals surface area (Å²) in [6.45, 7) is 0. The maximum atomic E-state index is 5.23. The van der Waals surface area contributed by atoms with Crippen LogP contribution < -0.4 is 0 Å². The average molecular weight is 815 g/mol. The van der Waals surface area contributed by atoms with Crippen molar-refractivity contribution in [3.05, 3.63) is 206 Å². The number of fused-ring (bicyclic) bond motifs is 2. The molecule has 0 bridgehead atoms. The molecule has 0 saturated heterocycles. The Bertz CT molecular complexity index is 3560. The van der Waals surface area contributed by atoms with Crippen molar-refractivity contribution in [1.29, 1.82) is 0 Å². The SMILES string of the molecule is c1ccc(-c2nc(-c3ccccc3)nc(-c3cc4cccc5c6cccc7c(-c8nc(-c9ccccc9)nc(-c9ccccc9)n8)cc8cccc(c9cccc3c9c45)c8c76)n2)cc1. The van der Waals surface area contributed by atoms with Gasteiger partial charge in [0.2, 0.25) is 0 Å². The third-order valence-electron chi connectivity index (χ3n) is 12.5. The molecule has 13 rings (SSSR count). The van der Waals surface area contributed by atoms with Gasteiger partial charge in [0.1, 0.15) is 0 Å². The Hall–Kier alpha value is -8.74. The molecule has 0 fully saturated rings. The fraction of sp³-hybridized carbons (Fsp3) is 0. The van der Waals surface area contributed by atoms with Gasteiger partial charge in [0.05, 0.1) is 0 Å². The smallest absolute Gasteiger partial charge is 0.164 e. The van der Waals surface area contributed by atoms with Crippen LogP contribution in [0.3, 0.4) is 0 Å². The van der Waals surface area contributed by atoms with Gasteiger partial charge in [-0.25, -0.2) is 29.9 Å². The molecule has 0 amide bonds. The van der Waals surface area contributed by atoms with Gasteiger partial charge in [-0.2, -0.15) is 0 Å². The van der Waals surface area contributed by atoms with E-state index >= 15 is 0 Å². The minimum atomic E-state index is 0.631. The molecule has 0 aliphatic rings. The van der Waals surface area contributed by atoms with E-state index in [4.69, 9.17) is 29.9 Å². The van der Waals surface area contributed by atoms with Gasteiger partial charge in [-0.15, -0.1) is 0 Å². The first kappa shape index (κ1) is 36.0. The quantitative estimate of drug-likeness (QED) is 0.156. The molecule has 2 heterocycles. The van der Waals surface area contributed by atoms with Gasteiger partial charge in [-0.3, -0.25) is 0 Å². The molecule has 0 saturated carbocycles. The second kappa shape index (κ2) is 14.4. The molecule has 6 heteroatoms. The molecule has 64 heavy (non-hydrogen) atoms. The Morgan fingerprint density at radius 1 is 0.203 bits per heavy atom. The Kier molecular flexibility index (Phi) is 8.11. The summed E-state index contributed by atoms with van der Waals surface area (Å²) in [6, 6.07) is 71.9. The van der Waals surface area contributed by atoms with Gasteiger partial charge < -0.3 is 0 Å². The second-order valence-corrected chi connectivity index (χ2v) is 16.2. The van der Waals surface area contributed by atoms with Gasteiger partial charge in [-0.1, -0.05) is 194 Å². The van der Waals surface area contributed by atoms with E-state index in [2.05, 4.69) is 133 Å². The first-order valence-corrected chi connectivity index (χ1v) is 21.5. The summed E-state index contributed by atoms with van der Waals surface area (Å²) in [7, 11) is 0. The van der Waals surface area contributed by atoms with Crippen molar-refractivity contribution in [3.63, 3.8) is 0 Å². The Labute approximate surface area is 367 Å². The molecule has 11 aromatic carbocycles. The van der Waals surface area contributed by atoms with E-state index in [0.29, 0.717) is 34.9 Å². The van der Waals surface area contributed by atoms with Crippen molar-refractivity contribution >= 4 is 64.6 Å². The van der Waals surface area contributed by atoms with Gasteiger partial charge in [0.15, 0.2) is 34.9 Å². The highest BCUT2D eigenvalue weighted by Crippen LogP contribution is 2.47. The predicted octanol–water partition coefficient (Wildman–Crippen LogP) is 14.4. The zero-order valence-corrected chi connectivity index (χ0v) is 34.3. The summed E-state index contributed by atoms with van der Waals surface area (Å²) >= 11 is 0. The molecule has 2 aromatic heterocycles. The molecular formula is C58H34N6. The van der Waals surface area contributed by atoms with E-state index in [0.717, 1.165) is 76.5 Å². The maximum absolute atomic E-state index is 5.23. The van der Waals surface area contributed by atoms with Crippen molar-refractivity contribution in [2.24, 2.45) is 0 Å². The van der Waals surface area contributed by atoms with Crippen LogP contribution in [-0.2, 0) is 0 Å². The number of rotatable bonds is 6. The normalized spacial score (nSPS) is 11.8. The van der Waals surface area contributed by atoms with Crippen molar-refractivity contribution < 1.29 is 0 Å². The fourth-order valence-electron chi connectivity index (χ4n) is 9.62. The van der Waals surface area contributed by atoms with E-state index < -0.39 is 0 Å². The lowest BCUT2D eigenvalue weighted by Crippen LogP contribution is -2.01. The van der Waals surface area contributed by atoms with Gasteiger partial charge in [0.25, 0.3) is 0 Å². The fourth-order valence-corrected chi connectivity index (χ4v) is 9.62. The van der Waals surface area contributed by atoms with E-state index in [-0.39, 0.29) is 0 Å². The Balaban J connectivity index is 1.13. The minimum absolute atomic E-state index is 0.631. The molecule has 296 valence electrons. The van der Waals surface area contributed by atoms with Crippen molar-refractivity contribution in [2.45, 2.75) is 0 Å². The summed E-state index contributed by atoms with van der Waals surface area (Å²) in [5, 5.41) is 13.7. The molecule has 0 aliphatic heterocycles. The predicted molar refractivity (Wildman–Crippen MR) is 262 cm³/mol. The van der Waals surface area contributed by atoms with Crippen LogP contribution in [0, 0.1) is 0 Å². The molecule has 6 nitrogen and oxygen atoms in total. The largest absolute Gasteiger partial charge is 0.208 e. The summed E-state index contributed by atoms with van der Waals surface area (Å²) in [6.07, 6.45) is 0. The van der Waals surface area contributed by atoms with Crippen LogP contribution in [0.1, 0.15) is 0 Å². The standard InChI is InChI=1S/C58H34N6/c1-5-17-35(18-6-1)53-59-54(36-19-7-2-8-20-36)62-57(61-53)47-33-39-25-13-27-42-44-30-16-32-46-48(58-63-55(37-21-9-3-10-22-37)60-56(64-58)38-23-11-4-12-24-38)34-40-26-14-28-41(50(40)52(44)46)43-29-15-31-45(47)51(43)49(39)42/h1-34H. The van der Waals surface area contributed by atoms with Gasteiger partial charge >= 0.3 is 0 Å². The number of hydrogen-bond acceptors (Lipinski definition) is 6. The zero-order chi connectivity index (χ0) is 42.1. The lowest BCUT2D eigenvalue weighted by molar-refractivity contribution is 1.08. The lowest BCUT2D eigenvalue weighted by Gasteiger charge is -2.19. The van der Waals surface area contributed by atoms with Gasteiger partial charge in [0, 0.05) is 33.4 Å². The molecule has 0 aliphatic carbocycles. The van der Waals surface area contributed by atoms with E-state index in [1.54, 1.807) is 0 Å². The Morgan fingerprint density at radius 2 is 0.469 bits per heavy atom. The first-order chi connectivity index (χ1) is 31.7. The summed E-state index contributed by atoms with van der Waals surface area (Å²) in [5.41, 5.74) is 5.66. The van der Waals surface area contributed by atoms with Crippen LogP contribution in [0.15, 0.2) is 206 Å². The molecule has 13 aromatic rings. The maximum Gasteiger partial charge on any atom is 0.164 e. The molecule has 0 unspecified atom stereocenters. The lowest BCUT2D eigenvalue weighted by atomic mass is 9.85. The molecule has 0 N–H and O–H groups in total. The van der Waals surface area contributed by atoms with Crippen LogP contribution in [0.2, 0.25) is 0 Å². The monoisotopic (exact) mass is 814 g/mol. The van der Waals surface area contributed by atoms with Crippen molar-refractivity contribution in [1.82, 2.24) is 29.9 Å². The zero-order valence-electron chi connectivity index (χ0n) is 34.3. The third-order valence-corrected chi connectivity index (χ3v) is 12.5. The van der Waals surface area contributed by atoms with Crippen LogP contribution in [0.25, 0.3) is 133 Å². The highest BCUT2D eigenvalue weighted by atomic mass is 15.0. The van der Waals surface area contributed by atoms with Crippen molar-refractivity contribution in [2.75, 3.05) is 0 Å². The van der Waals surface area contributed by atoms with Gasteiger partial charge in [-0.05, 0) is 76.8 Å². The number of benzene rings is 10. The van der Waals surface area contributed by atoms with Crippen LogP contribution >= 0.6 is 0 Å². The van der Waals surface area contributed by atoms with Crippen LogP contribution in [0.4, 0.5) is 0 Å². The molecular weight excluding hydrogens is 781 g/mol. The summed E-state index contributed by atoms with van der Waals surface area (Å²) in [5.74, 6) is 3.80. The van der Waals surface area contributed by atoms with Crippen LogP contribution in [-0.4, -0.2) is 29.9 Å². The molecule has 0 radical (unpaired) electrons. The first-order valence-electron chi connectivity index (χ1n) is 21.5. The number of hydrogen-bond donors (Lipinski definition) is 0. The number of aromatic nitrogens is 6. The Morgan fingerprint density at radius 3 is 0.797 bits per heavy atom. The topological polar surface area (TPSA) is 77.3 Å². The molecule has 0 spiro atoms. The van der Waals surface area contributed by atoms with Crippen molar-refractivity contribution in [3.8, 4) is 68.3 Å². The highest BCUT2D eigenvalue weighted by molar-refractivity contribution is 6.38. The summed E-state index contributed by atoms with van der Waals surface area (Å²) in [4.78, 5) is 30.9. The number of nitrogens with zero attached hydrogens (tertiary/aromatic N) is 6. The van der Waals surface area contributed by atoms with E-state index in [1.807, 2.05) is 72.8 Å². The molecule has 0 atom stereocenters. The highest BCUT2D eigenvalue weighted by Gasteiger charge is 2.22. The van der Waals surface area contributed by atoms with E-state index in [9.17, 15) is 0 Å². The minimum Gasteiger partial charge on any atom is -0.208 e. The van der Waals surface area contributed by atoms with E-state index in [1.165, 1.54) is 21.5 Å². The third kappa shape index (κ3) is 5.73. The average Bonchev–Trinajstić information content (AvgIpc) is 3.37.